The van der Waals surface area contributed by atoms with Gasteiger partial charge in [0.1, 0.15) is 0 Å². The van der Waals surface area contributed by atoms with Crippen molar-refractivity contribution >= 4 is 5.91 Å². The number of hydrogen-bond donors (Lipinski definition) is 1. The summed E-state index contributed by atoms with van der Waals surface area (Å²) >= 11 is 0. The van der Waals surface area contributed by atoms with Crippen LogP contribution in [0.15, 0.2) is 24.3 Å². The molecule has 0 spiro atoms. The SMILES string of the molecule is CCN(CCO)C(=O)c1ccccc1C. The molecule has 1 N–H and O–H groups in total. The van der Waals surface area contributed by atoms with Crippen LogP contribution in [0.5, 0.6) is 0 Å². The molecule has 3 heteroatoms. The van der Waals surface area contributed by atoms with Gasteiger partial charge in [-0.05, 0) is 25.5 Å². The molecule has 0 aliphatic heterocycles. The minimum absolute atomic E-state index is 0.00542. The van der Waals surface area contributed by atoms with Crippen molar-refractivity contribution in [1.82, 2.24) is 4.90 Å². The fraction of sp³-hybridized carbons (Fsp3) is 0.417. The Morgan fingerprint density at radius 3 is 2.60 bits per heavy atom. The Bertz CT molecular complexity index is 336. The second kappa shape index (κ2) is 5.51. The van der Waals surface area contributed by atoms with E-state index in [0.29, 0.717) is 18.7 Å². The van der Waals surface area contributed by atoms with E-state index in [-0.39, 0.29) is 12.5 Å². The van der Waals surface area contributed by atoms with Crippen LogP contribution < -0.4 is 0 Å². The third-order valence-corrected chi connectivity index (χ3v) is 2.41. The first-order valence-corrected chi connectivity index (χ1v) is 5.16. The number of rotatable bonds is 4. The van der Waals surface area contributed by atoms with Gasteiger partial charge in [0.15, 0.2) is 0 Å². The molecule has 0 fully saturated rings. The highest BCUT2D eigenvalue weighted by Crippen LogP contribution is 2.10. The van der Waals surface area contributed by atoms with Gasteiger partial charge in [0.05, 0.1) is 6.61 Å². The van der Waals surface area contributed by atoms with E-state index in [0.717, 1.165) is 5.56 Å². The molecule has 1 aromatic carbocycles. The van der Waals surface area contributed by atoms with Gasteiger partial charge in [-0.3, -0.25) is 4.79 Å². The first-order valence-electron chi connectivity index (χ1n) is 5.16. The van der Waals surface area contributed by atoms with Crippen LogP contribution in [0.1, 0.15) is 22.8 Å². The maximum atomic E-state index is 12.0. The molecule has 0 bridgehead atoms. The van der Waals surface area contributed by atoms with Crippen LogP contribution >= 0.6 is 0 Å². The lowest BCUT2D eigenvalue weighted by atomic mass is 10.1. The molecule has 1 amide bonds. The topological polar surface area (TPSA) is 40.5 Å². The third kappa shape index (κ3) is 2.80. The number of hydrogen-bond acceptors (Lipinski definition) is 2. The molecule has 1 rings (SSSR count). The number of carbonyl (C=O) groups excluding carboxylic acids is 1. The molecule has 0 aliphatic carbocycles. The van der Waals surface area contributed by atoms with Crippen molar-refractivity contribution in [1.29, 1.82) is 0 Å². The Kier molecular flexibility index (Phi) is 4.31. The summed E-state index contributed by atoms with van der Waals surface area (Å²) in [5, 5.41) is 8.84. The summed E-state index contributed by atoms with van der Waals surface area (Å²) in [5.74, 6) is -0.00958. The Hall–Kier alpha value is -1.35. The Labute approximate surface area is 90.3 Å². The van der Waals surface area contributed by atoms with E-state index in [1.165, 1.54) is 0 Å². The third-order valence-electron chi connectivity index (χ3n) is 2.41. The number of aliphatic hydroxyl groups excluding tert-OH is 1. The zero-order valence-electron chi connectivity index (χ0n) is 9.23. The van der Waals surface area contributed by atoms with E-state index in [4.69, 9.17) is 5.11 Å². The van der Waals surface area contributed by atoms with Crippen molar-refractivity contribution in [3.05, 3.63) is 35.4 Å². The van der Waals surface area contributed by atoms with Gasteiger partial charge in [0.25, 0.3) is 5.91 Å². The van der Waals surface area contributed by atoms with Crippen molar-refractivity contribution in [3.63, 3.8) is 0 Å². The van der Waals surface area contributed by atoms with Gasteiger partial charge in [0.2, 0.25) is 0 Å². The molecule has 0 radical (unpaired) electrons. The van der Waals surface area contributed by atoms with Crippen molar-refractivity contribution < 1.29 is 9.90 Å². The molecule has 0 saturated carbocycles. The summed E-state index contributed by atoms with van der Waals surface area (Å²) in [4.78, 5) is 13.6. The molecule has 0 aliphatic rings. The number of nitrogens with zero attached hydrogens (tertiary/aromatic N) is 1. The lowest BCUT2D eigenvalue weighted by Crippen LogP contribution is -2.33. The zero-order valence-corrected chi connectivity index (χ0v) is 9.23. The van der Waals surface area contributed by atoms with Gasteiger partial charge in [-0.25, -0.2) is 0 Å². The van der Waals surface area contributed by atoms with E-state index in [2.05, 4.69) is 0 Å². The summed E-state index contributed by atoms with van der Waals surface area (Å²) < 4.78 is 0. The minimum atomic E-state index is -0.00958. The molecule has 0 atom stereocenters. The number of benzene rings is 1. The maximum Gasteiger partial charge on any atom is 0.254 e. The van der Waals surface area contributed by atoms with Gasteiger partial charge in [-0.15, -0.1) is 0 Å². The largest absolute Gasteiger partial charge is 0.395 e. The number of aliphatic hydroxyl groups is 1. The predicted octanol–water partition coefficient (Wildman–Crippen LogP) is 1.45. The van der Waals surface area contributed by atoms with Crippen LogP contribution in [0.4, 0.5) is 0 Å². The molecule has 0 saturated heterocycles. The van der Waals surface area contributed by atoms with E-state index in [1.807, 2.05) is 38.1 Å². The molecule has 3 nitrogen and oxygen atoms in total. The minimum Gasteiger partial charge on any atom is -0.395 e. The van der Waals surface area contributed by atoms with Gasteiger partial charge in [0, 0.05) is 18.7 Å². The fourth-order valence-corrected chi connectivity index (χ4v) is 1.51. The highest BCUT2D eigenvalue weighted by molar-refractivity contribution is 5.95. The summed E-state index contributed by atoms with van der Waals surface area (Å²) in [6.07, 6.45) is 0. The molecule has 1 aromatic rings. The van der Waals surface area contributed by atoms with Crippen molar-refractivity contribution in [2.24, 2.45) is 0 Å². The van der Waals surface area contributed by atoms with Crippen LogP contribution in [0.2, 0.25) is 0 Å². The van der Waals surface area contributed by atoms with E-state index in [1.54, 1.807) is 4.90 Å². The van der Waals surface area contributed by atoms with Crippen LogP contribution in [0, 0.1) is 6.92 Å². The molecule has 0 aromatic heterocycles. The smallest absolute Gasteiger partial charge is 0.254 e. The Balaban J connectivity index is 2.88. The van der Waals surface area contributed by atoms with Gasteiger partial charge < -0.3 is 10.0 Å². The lowest BCUT2D eigenvalue weighted by Gasteiger charge is -2.20. The zero-order chi connectivity index (χ0) is 11.3. The van der Waals surface area contributed by atoms with Crippen LogP contribution in [0.25, 0.3) is 0 Å². The van der Waals surface area contributed by atoms with Crippen molar-refractivity contribution in [3.8, 4) is 0 Å². The van der Waals surface area contributed by atoms with Crippen LogP contribution in [-0.2, 0) is 0 Å². The first-order chi connectivity index (χ1) is 7.20. The fourth-order valence-electron chi connectivity index (χ4n) is 1.51. The van der Waals surface area contributed by atoms with Crippen molar-refractivity contribution in [2.45, 2.75) is 13.8 Å². The van der Waals surface area contributed by atoms with Crippen LogP contribution in [-0.4, -0.2) is 35.6 Å². The number of amides is 1. The standard InChI is InChI=1S/C12H17NO2/c1-3-13(8-9-14)12(15)11-7-5-4-6-10(11)2/h4-7,14H,3,8-9H2,1-2H3. The average Bonchev–Trinajstić information content (AvgIpc) is 2.25. The average molecular weight is 207 g/mol. The second-order valence-corrected chi connectivity index (χ2v) is 3.42. The summed E-state index contributed by atoms with van der Waals surface area (Å²) in [5.41, 5.74) is 1.69. The summed E-state index contributed by atoms with van der Waals surface area (Å²) in [6, 6.07) is 7.50. The molecular weight excluding hydrogens is 190 g/mol. The molecule has 82 valence electrons. The van der Waals surface area contributed by atoms with Gasteiger partial charge >= 0.3 is 0 Å². The maximum absolute atomic E-state index is 12.0. The van der Waals surface area contributed by atoms with Gasteiger partial charge in [-0.1, -0.05) is 18.2 Å². The predicted molar refractivity (Wildman–Crippen MR) is 59.8 cm³/mol. The van der Waals surface area contributed by atoms with Crippen molar-refractivity contribution in [2.75, 3.05) is 19.7 Å². The van der Waals surface area contributed by atoms with Crippen LogP contribution in [0.3, 0.4) is 0 Å². The Morgan fingerprint density at radius 1 is 1.40 bits per heavy atom. The lowest BCUT2D eigenvalue weighted by molar-refractivity contribution is 0.0731. The summed E-state index contributed by atoms with van der Waals surface area (Å²) in [6.45, 7) is 4.84. The summed E-state index contributed by atoms with van der Waals surface area (Å²) in [7, 11) is 0. The molecular formula is C12H17NO2. The molecule has 0 heterocycles. The van der Waals surface area contributed by atoms with Gasteiger partial charge in [-0.2, -0.15) is 0 Å². The number of carbonyl (C=O) groups is 1. The number of aryl methyl sites for hydroxylation is 1. The monoisotopic (exact) mass is 207 g/mol. The van der Waals surface area contributed by atoms with E-state index in [9.17, 15) is 4.79 Å². The quantitative estimate of drug-likeness (QED) is 0.811. The first kappa shape index (κ1) is 11.7. The second-order valence-electron chi connectivity index (χ2n) is 3.42. The normalized spacial score (nSPS) is 10.1. The Morgan fingerprint density at radius 2 is 2.07 bits per heavy atom. The molecule has 0 unspecified atom stereocenters. The van der Waals surface area contributed by atoms with E-state index >= 15 is 0 Å². The highest BCUT2D eigenvalue weighted by atomic mass is 16.3. The number of likely N-dealkylation sites (N-methyl/N-ethyl adjacent to an activating group) is 1. The molecule has 15 heavy (non-hydrogen) atoms. The van der Waals surface area contributed by atoms with E-state index < -0.39 is 0 Å². The highest BCUT2D eigenvalue weighted by Gasteiger charge is 2.14.